The van der Waals surface area contributed by atoms with Crippen molar-refractivity contribution in [1.82, 2.24) is 9.55 Å². The van der Waals surface area contributed by atoms with Crippen molar-refractivity contribution in [3.63, 3.8) is 0 Å². The highest BCUT2D eigenvalue weighted by molar-refractivity contribution is 7.52. The Kier molecular flexibility index (Phi) is 4.89. The summed E-state index contributed by atoms with van der Waals surface area (Å²) in [4.78, 5) is 32.8. The van der Waals surface area contributed by atoms with E-state index in [0.29, 0.717) is 0 Å². The first-order valence-electron chi connectivity index (χ1n) is 6.31. The summed E-state index contributed by atoms with van der Waals surface area (Å²) in [5.41, 5.74) is 4.40. The number of nitrogen functional groups attached to an aromatic ring is 1. The van der Waals surface area contributed by atoms with Crippen molar-refractivity contribution in [1.29, 1.82) is 0 Å². The number of aliphatic hydroxyl groups is 4. The summed E-state index contributed by atoms with van der Waals surface area (Å²) >= 11 is 0. The van der Waals surface area contributed by atoms with E-state index >= 15 is 0 Å². The Labute approximate surface area is 128 Å². The molecule has 1 aromatic heterocycles. The van der Waals surface area contributed by atoms with E-state index in [1.165, 1.54) is 6.07 Å². The number of ether oxygens (including phenoxy) is 1. The Bertz CT molecular complexity index is 676. The largest absolute Gasteiger partial charge is 0.387 e. The lowest BCUT2D eigenvalue weighted by molar-refractivity contribution is -0.109. The number of rotatable bonds is 4. The first kappa shape index (κ1) is 18.0. The molecule has 1 aliphatic rings. The molecule has 0 aromatic carbocycles. The highest BCUT2D eigenvalue weighted by Crippen LogP contribution is 2.44. The molecule has 1 saturated heterocycles. The van der Waals surface area contributed by atoms with Gasteiger partial charge in [-0.2, -0.15) is 4.98 Å². The molecule has 2 rings (SSSR count). The molecule has 23 heavy (non-hydrogen) atoms. The van der Waals surface area contributed by atoms with Gasteiger partial charge in [-0.15, -0.1) is 0 Å². The van der Waals surface area contributed by atoms with Crippen LogP contribution in [-0.2, 0) is 9.30 Å². The van der Waals surface area contributed by atoms with E-state index < -0.39 is 49.8 Å². The van der Waals surface area contributed by atoms with Crippen LogP contribution < -0.4 is 11.4 Å². The molecule has 0 amide bonds. The summed E-state index contributed by atoms with van der Waals surface area (Å²) in [6, 6.07) is 1.22. The number of nitrogens with two attached hydrogens (primary N) is 1. The van der Waals surface area contributed by atoms with Gasteiger partial charge in [-0.3, -0.25) is 9.13 Å². The molecule has 1 unspecified atom stereocenters. The third-order valence-corrected chi connectivity index (χ3v) is 4.38. The van der Waals surface area contributed by atoms with Crippen molar-refractivity contribution in [3.8, 4) is 0 Å². The third kappa shape index (κ3) is 3.44. The van der Waals surface area contributed by atoms with Gasteiger partial charge in [-0.1, -0.05) is 0 Å². The summed E-state index contributed by atoms with van der Waals surface area (Å²) in [5, 5.41) is 38.9. The van der Waals surface area contributed by atoms with Crippen molar-refractivity contribution in [3.05, 3.63) is 22.7 Å². The van der Waals surface area contributed by atoms with E-state index in [1.807, 2.05) is 0 Å². The third-order valence-electron chi connectivity index (χ3n) is 3.39. The van der Waals surface area contributed by atoms with Crippen LogP contribution >= 0.6 is 7.60 Å². The lowest BCUT2D eigenvalue weighted by Crippen LogP contribution is -2.44. The maximum absolute atomic E-state index is 11.7. The van der Waals surface area contributed by atoms with Crippen LogP contribution in [-0.4, -0.2) is 70.0 Å². The van der Waals surface area contributed by atoms with Gasteiger partial charge < -0.3 is 40.7 Å². The standard InChI is InChI=1S/C10H16N3O9P/c11-3-1-2-13(10(18)12-3)8-5(15)4(14)7(22-8)6(16)9(17)23(19,20)21/h1-2,4-9,14-17H,(H2,11,12,18)(H2,19,20,21)/t4-,5+,6-,7?,8+,9-/m0/s1. The lowest BCUT2D eigenvalue weighted by Gasteiger charge is -2.25. The van der Waals surface area contributed by atoms with Crippen LogP contribution in [0, 0.1) is 0 Å². The minimum absolute atomic E-state index is 0.0900. The molecule has 6 atom stereocenters. The van der Waals surface area contributed by atoms with Gasteiger partial charge in [-0.05, 0) is 6.07 Å². The van der Waals surface area contributed by atoms with Crippen LogP contribution in [0.4, 0.5) is 5.82 Å². The second-order valence-electron chi connectivity index (χ2n) is 5.01. The second-order valence-corrected chi connectivity index (χ2v) is 6.72. The smallest absolute Gasteiger partial charge is 0.356 e. The van der Waals surface area contributed by atoms with E-state index in [2.05, 4.69) is 4.98 Å². The van der Waals surface area contributed by atoms with Crippen molar-refractivity contribution in [2.45, 2.75) is 36.5 Å². The highest BCUT2D eigenvalue weighted by Gasteiger charge is 2.51. The Morgan fingerprint density at radius 1 is 1.30 bits per heavy atom. The van der Waals surface area contributed by atoms with Crippen LogP contribution in [0.2, 0.25) is 0 Å². The van der Waals surface area contributed by atoms with Crippen LogP contribution in [0.1, 0.15) is 6.23 Å². The molecule has 1 aliphatic heterocycles. The van der Waals surface area contributed by atoms with Gasteiger partial charge in [-0.25, -0.2) is 4.79 Å². The number of aromatic nitrogens is 2. The first-order valence-corrected chi connectivity index (χ1v) is 8.00. The second kappa shape index (κ2) is 6.26. The summed E-state index contributed by atoms with van der Waals surface area (Å²) in [5.74, 6) is -2.62. The predicted octanol–water partition coefficient (Wildman–Crippen LogP) is -3.70. The van der Waals surface area contributed by atoms with Gasteiger partial charge >= 0.3 is 13.3 Å². The minimum Gasteiger partial charge on any atom is -0.387 e. The number of hydrogen-bond acceptors (Lipinski definition) is 9. The van der Waals surface area contributed by atoms with E-state index in [9.17, 15) is 29.8 Å². The molecule has 1 aromatic rings. The summed E-state index contributed by atoms with van der Waals surface area (Å²) in [6.07, 6.45) is -7.86. The maximum Gasteiger partial charge on any atom is 0.356 e. The molecule has 13 heteroatoms. The van der Waals surface area contributed by atoms with E-state index in [4.69, 9.17) is 20.3 Å². The molecule has 130 valence electrons. The fourth-order valence-electron chi connectivity index (χ4n) is 2.19. The lowest BCUT2D eigenvalue weighted by atomic mass is 10.1. The molecule has 0 saturated carbocycles. The van der Waals surface area contributed by atoms with E-state index in [-0.39, 0.29) is 5.82 Å². The Morgan fingerprint density at radius 2 is 1.91 bits per heavy atom. The van der Waals surface area contributed by atoms with E-state index in [1.54, 1.807) is 0 Å². The van der Waals surface area contributed by atoms with Gasteiger partial charge in [0.2, 0.25) is 0 Å². The van der Waals surface area contributed by atoms with Crippen LogP contribution in [0.15, 0.2) is 17.1 Å². The average Bonchev–Trinajstić information content (AvgIpc) is 2.73. The molecule has 0 spiro atoms. The monoisotopic (exact) mass is 353 g/mol. The molecule has 0 radical (unpaired) electrons. The maximum atomic E-state index is 11.7. The van der Waals surface area contributed by atoms with Crippen molar-refractivity contribution in [2.24, 2.45) is 0 Å². The topological polar surface area (TPSA) is 209 Å². The molecule has 0 aliphatic carbocycles. The van der Waals surface area contributed by atoms with Crippen LogP contribution in [0.3, 0.4) is 0 Å². The SMILES string of the molecule is Nc1ccn([C@@H]2OC([C@H](O)[C@@H](O)P(=O)(O)O)[C@@H](O)[C@H]2O)c(=O)n1. The Hall–Kier alpha value is -1.37. The van der Waals surface area contributed by atoms with Crippen LogP contribution in [0.5, 0.6) is 0 Å². The van der Waals surface area contributed by atoms with Gasteiger partial charge in [0.25, 0.3) is 0 Å². The van der Waals surface area contributed by atoms with Crippen molar-refractivity contribution >= 4 is 13.4 Å². The normalized spacial score (nSPS) is 31.0. The summed E-state index contributed by atoms with van der Waals surface area (Å²) in [6.45, 7) is 0. The van der Waals surface area contributed by atoms with Gasteiger partial charge in [0, 0.05) is 6.20 Å². The number of anilines is 1. The molecule has 0 bridgehead atoms. The quantitative estimate of drug-likeness (QED) is 0.262. The highest BCUT2D eigenvalue weighted by atomic mass is 31.2. The molecule has 12 nitrogen and oxygen atoms in total. The van der Waals surface area contributed by atoms with Crippen molar-refractivity contribution in [2.75, 3.05) is 5.73 Å². The van der Waals surface area contributed by atoms with Gasteiger partial charge in [0.15, 0.2) is 12.1 Å². The number of aliphatic hydroxyl groups excluding tert-OH is 4. The fourth-order valence-corrected chi connectivity index (χ4v) is 2.75. The van der Waals surface area contributed by atoms with Gasteiger partial charge in [0.05, 0.1) is 0 Å². The molecule has 2 heterocycles. The number of nitrogens with zero attached hydrogens (tertiary/aromatic N) is 2. The Morgan fingerprint density at radius 3 is 2.43 bits per heavy atom. The number of hydrogen-bond donors (Lipinski definition) is 7. The summed E-state index contributed by atoms with van der Waals surface area (Å²) < 4.78 is 16.8. The first-order chi connectivity index (χ1) is 10.5. The zero-order valence-electron chi connectivity index (χ0n) is 11.4. The van der Waals surface area contributed by atoms with Crippen LogP contribution in [0.25, 0.3) is 0 Å². The van der Waals surface area contributed by atoms with Crippen molar-refractivity contribution < 1.29 is 39.5 Å². The average molecular weight is 353 g/mol. The van der Waals surface area contributed by atoms with Gasteiger partial charge in [0.1, 0.15) is 30.2 Å². The fraction of sp³-hybridized carbons (Fsp3) is 0.600. The van der Waals surface area contributed by atoms with E-state index in [0.717, 1.165) is 10.8 Å². The zero-order chi connectivity index (χ0) is 17.5. The molecular weight excluding hydrogens is 337 g/mol. The Balaban J connectivity index is 2.28. The molecule has 8 N–H and O–H groups in total. The summed E-state index contributed by atoms with van der Waals surface area (Å²) in [7, 11) is -5.08. The predicted molar refractivity (Wildman–Crippen MR) is 72.9 cm³/mol. The molecular formula is C10H16N3O9P. The zero-order valence-corrected chi connectivity index (χ0v) is 12.3. The minimum atomic E-state index is -5.08. The molecule has 1 fully saturated rings.